The maximum atomic E-state index is 11.5. The first-order chi connectivity index (χ1) is 10.2. The van der Waals surface area contributed by atoms with E-state index in [1.54, 1.807) is 0 Å². The molecular weight excluding hydrogens is 346 g/mol. The molecule has 1 aromatic carbocycles. The smallest absolute Gasteiger partial charge is 0.407 e. The number of ether oxygens (including phenoxy) is 1. The zero-order valence-corrected chi connectivity index (χ0v) is 15.1. The van der Waals surface area contributed by atoms with E-state index in [0.29, 0.717) is 12.2 Å². The van der Waals surface area contributed by atoms with Gasteiger partial charge in [-0.15, -0.1) is 0 Å². The van der Waals surface area contributed by atoms with Gasteiger partial charge in [0.25, 0.3) is 0 Å². The lowest BCUT2D eigenvalue weighted by Crippen LogP contribution is -2.50. The van der Waals surface area contributed by atoms with Crippen LogP contribution in [-0.4, -0.2) is 19.2 Å². The number of methoxy groups -OCH3 is 1. The third kappa shape index (κ3) is 6.07. The average molecular weight is 370 g/mol. The lowest BCUT2D eigenvalue weighted by Gasteiger charge is -2.33. The fourth-order valence-corrected chi connectivity index (χ4v) is 2.20. The van der Waals surface area contributed by atoms with Crippen LogP contribution in [0, 0.1) is 5.41 Å². The van der Waals surface area contributed by atoms with Gasteiger partial charge in [0.05, 0.1) is 13.2 Å². The van der Waals surface area contributed by atoms with Crippen LogP contribution in [0.25, 0.3) is 0 Å². The number of carbonyl (C=O) groups is 1. The Morgan fingerprint density at radius 2 is 1.91 bits per heavy atom. The predicted molar refractivity (Wildman–Crippen MR) is 92.0 cm³/mol. The van der Waals surface area contributed by atoms with Crippen molar-refractivity contribution in [2.45, 2.75) is 33.4 Å². The minimum absolute atomic E-state index is 0.197. The number of alkyl carbamates (subject to hydrolysis) is 1. The summed E-state index contributed by atoms with van der Waals surface area (Å²) in [5.41, 5.74) is 7.78. The molecule has 0 radical (unpaired) electrons. The van der Waals surface area contributed by atoms with E-state index in [1.165, 1.54) is 7.11 Å². The van der Waals surface area contributed by atoms with Crippen LogP contribution in [0.1, 0.15) is 26.3 Å². The van der Waals surface area contributed by atoms with E-state index in [-0.39, 0.29) is 11.5 Å². The first-order valence-electron chi connectivity index (χ1n) is 7.00. The first kappa shape index (κ1) is 18.5. The summed E-state index contributed by atoms with van der Waals surface area (Å²) in [5.74, 6) is 0. The maximum Gasteiger partial charge on any atom is 0.407 e. The highest BCUT2D eigenvalue weighted by atomic mass is 79.9. The lowest BCUT2D eigenvalue weighted by molar-refractivity contribution is 0.157. The zero-order chi connectivity index (χ0) is 16.8. The average Bonchev–Trinajstić information content (AvgIpc) is 2.45. The number of halogens is 1. The van der Waals surface area contributed by atoms with E-state index in [2.05, 4.69) is 43.4 Å². The number of benzene rings is 1. The Bertz CT molecular complexity index is 509. The minimum atomic E-state index is -0.476. The van der Waals surface area contributed by atoms with E-state index in [9.17, 15) is 4.79 Å². The number of carbonyl (C=O) groups excluding carboxylic acids is 1. The van der Waals surface area contributed by atoms with E-state index in [4.69, 9.17) is 0 Å². The molecule has 5 nitrogen and oxygen atoms in total. The number of nitrogens with one attached hydrogen (secondary N) is 3. The molecule has 1 rings (SSSR count). The standard InChI is InChI=1S/C16H24BrN3O2/c1-11(14(16(2,3)4)19-15(21)22-5)20-18-10-12-6-8-13(17)9-7-12/h6-9,14,18,20H,1,10H2,2-5H3,(H,19,21)/t14-/m1/s1. The highest BCUT2D eigenvalue weighted by Crippen LogP contribution is 2.23. The van der Waals surface area contributed by atoms with Gasteiger partial charge in [-0.25, -0.2) is 10.2 Å². The van der Waals surface area contributed by atoms with Gasteiger partial charge < -0.3 is 15.5 Å². The van der Waals surface area contributed by atoms with Crippen molar-refractivity contribution in [3.63, 3.8) is 0 Å². The van der Waals surface area contributed by atoms with Crippen LogP contribution in [0.5, 0.6) is 0 Å². The largest absolute Gasteiger partial charge is 0.453 e. The molecule has 0 saturated heterocycles. The Labute approximate surface area is 140 Å². The summed E-state index contributed by atoms with van der Waals surface area (Å²) in [7, 11) is 1.34. The second-order valence-corrected chi connectivity index (χ2v) is 6.98. The van der Waals surface area contributed by atoms with E-state index >= 15 is 0 Å². The predicted octanol–water partition coefficient (Wildman–Crippen LogP) is 3.33. The highest BCUT2D eigenvalue weighted by molar-refractivity contribution is 9.10. The quantitative estimate of drug-likeness (QED) is 0.673. The molecular formula is C16H24BrN3O2. The Balaban J connectivity index is 2.56. The van der Waals surface area contributed by atoms with Gasteiger partial charge in [-0.1, -0.05) is 55.4 Å². The fourth-order valence-electron chi connectivity index (χ4n) is 1.94. The molecule has 6 heteroatoms. The molecule has 0 heterocycles. The van der Waals surface area contributed by atoms with Gasteiger partial charge in [0.15, 0.2) is 0 Å². The second-order valence-electron chi connectivity index (χ2n) is 6.07. The molecule has 0 aliphatic heterocycles. The Hall–Kier alpha value is -1.53. The van der Waals surface area contributed by atoms with Gasteiger partial charge in [0.2, 0.25) is 0 Å². The number of rotatable bonds is 6. The maximum absolute atomic E-state index is 11.5. The SMILES string of the molecule is C=C(NNCc1ccc(Br)cc1)[C@@H](NC(=O)OC)C(C)(C)C. The highest BCUT2D eigenvalue weighted by Gasteiger charge is 2.29. The van der Waals surface area contributed by atoms with Crippen LogP contribution in [0.4, 0.5) is 4.79 Å². The van der Waals surface area contributed by atoms with E-state index in [1.807, 2.05) is 45.0 Å². The molecule has 1 amide bonds. The third-order valence-electron chi connectivity index (χ3n) is 3.12. The van der Waals surface area contributed by atoms with Gasteiger partial charge in [-0.3, -0.25) is 0 Å². The second kappa shape index (κ2) is 8.19. The summed E-state index contributed by atoms with van der Waals surface area (Å²) < 4.78 is 5.71. The van der Waals surface area contributed by atoms with Crippen molar-refractivity contribution in [2.75, 3.05) is 7.11 Å². The third-order valence-corrected chi connectivity index (χ3v) is 3.65. The molecule has 0 aromatic heterocycles. The number of hydrazine groups is 1. The lowest BCUT2D eigenvalue weighted by atomic mass is 9.85. The van der Waals surface area contributed by atoms with E-state index in [0.717, 1.165) is 10.0 Å². The number of hydrogen-bond donors (Lipinski definition) is 3. The van der Waals surface area contributed by atoms with Gasteiger partial charge in [0.1, 0.15) is 0 Å². The van der Waals surface area contributed by atoms with Crippen LogP contribution in [0.2, 0.25) is 0 Å². The number of amides is 1. The van der Waals surface area contributed by atoms with Gasteiger partial charge in [-0.2, -0.15) is 0 Å². The summed E-state index contributed by atoms with van der Waals surface area (Å²) in [6, 6.07) is 7.76. The van der Waals surface area contributed by atoms with Crippen LogP contribution in [0.3, 0.4) is 0 Å². The molecule has 1 aromatic rings. The molecule has 0 unspecified atom stereocenters. The van der Waals surface area contributed by atoms with Crippen molar-refractivity contribution in [3.8, 4) is 0 Å². The van der Waals surface area contributed by atoms with Crippen LogP contribution in [-0.2, 0) is 11.3 Å². The van der Waals surface area contributed by atoms with Crippen molar-refractivity contribution in [1.82, 2.24) is 16.2 Å². The number of hydrogen-bond acceptors (Lipinski definition) is 4. The molecule has 122 valence electrons. The minimum Gasteiger partial charge on any atom is -0.453 e. The molecule has 22 heavy (non-hydrogen) atoms. The zero-order valence-electron chi connectivity index (χ0n) is 13.5. The fraction of sp³-hybridized carbons (Fsp3) is 0.438. The molecule has 1 atom stereocenters. The Morgan fingerprint density at radius 1 is 1.32 bits per heavy atom. The topological polar surface area (TPSA) is 62.4 Å². The molecule has 0 fully saturated rings. The van der Waals surface area contributed by atoms with Crippen molar-refractivity contribution in [2.24, 2.45) is 5.41 Å². The summed E-state index contributed by atoms with van der Waals surface area (Å²) in [6.45, 7) is 10.7. The molecule has 0 aliphatic rings. The van der Waals surface area contributed by atoms with Crippen molar-refractivity contribution in [3.05, 3.63) is 46.6 Å². The monoisotopic (exact) mass is 369 g/mol. The van der Waals surface area contributed by atoms with Gasteiger partial charge >= 0.3 is 6.09 Å². The summed E-state index contributed by atoms with van der Waals surface area (Å²) >= 11 is 3.41. The van der Waals surface area contributed by atoms with Gasteiger partial charge in [0, 0.05) is 16.7 Å². The molecule has 3 N–H and O–H groups in total. The van der Waals surface area contributed by atoms with Crippen LogP contribution >= 0.6 is 15.9 Å². The first-order valence-corrected chi connectivity index (χ1v) is 7.80. The summed E-state index contributed by atoms with van der Waals surface area (Å²) in [4.78, 5) is 11.5. The van der Waals surface area contributed by atoms with Crippen LogP contribution < -0.4 is 16.2 Å². The summed E-state index contributed by atoms with van der Waals surface area (Å²) in [6.07, 6.45) is -0.476. The molecule has 0 aliphatic carbocycles. The Morgan fingerprint density at radius 3 is 2.41 bits per heavy atom. The van der Waals surface area contributed by atoms with E-state index < -0.39 is 6.09 Å². The van der Waals surface area contributed by atoms with Crippen molar-refractivity contribution in [1.29, 1.82) is 0 Å². The molecule has 0 saturated carbocycles. The molecule has 0 bridgehead atoms. The Kier molecular flexibility index (Phi) is 6.90. The van der Waals surface area contributed by atoms with Gasteiger partial charge in [-0.05, 0) is 23.1 Å². The normalized spacial score (nSPS) is 12.4. The molecule has 0 spiro atoms. The summed E-state index contributed by atoms with van der Waals surface area (Å²) in [5, 5.41) is 2.79. The van der Waals surface area contributed by atoms with Crippen LogP contribution in [0.15, 0.2) is 41.0 Å². The van der Waals surface area contributed by atoms with Crippen molar-refractivity contribution < 1.29 is 9.53 Å². The van der Waals surface area contributed by atoms with Crippen molar-refractivity contribution >= 4 is 22.0 Å².